The number of carbonyl (C=O) groups excluding carboxylic acids is 3. The number of rotatable bonds is 52. The van der Waals surface area contributed by atoms with E-state index in [0.29, 0.717) is 25.7 Å². The second kappa shape index (κ2) is 55.6. The van der Waals surface area contributed by atoms with Crippen molar-refractivity contribution in [3.63, 3.8) is 0 Å². The Morgan fingerprint density at radius 1 is 0.420 bits per heavy atom. The average molecular weight is 1130 g/mol. The molecule has 0 aromatic rings. The van der Waals surface area contributed by atoms with Crippen molar-refractivity contribution in [2.24, 2.45) is 0 Å². The van der Waals surface area contributed by atoms with Crippen molar-refractivity contribution < 1.29 is 58.2 Å². The van der Waals surface area contributed by atoms with Crippen LogP contribution in [0, 0.1) is 0 Å². The first-order valence-corrected chi connectivity index (χ1v) is 31.5. The highest BCUT2D eigenvalue weighted by Gasteiger charge is 2.50. The monoisotopic (exact) mass is 1130 g/mol. The summed E-state index contributed by atoms with van der Waals surface area (Å²) in [4.78, 5) is 51.2. The molecule has 0 spiro atoms. The summed E-state index contributed by atoms with van der Waals surface area (Å²) >= 11 is 0. The molecule has 1 aliphatic heterocycles. The standard InChI is InChI=1S/C69H110O12/c1-4-7-10-13-16-19-22-25-27-29-31-33-35-38-40-43-46-49-52-55-61(70)77-58-60(79-62(71)56-53-50-47-44-42-39-36-34-32-30-28-26-23-20-17-14-11-8-5-2)59-78-69-67(65(74)64(73)66(81-69)68(75)76)80-63(72)57-54-51-48-45-41-37-24-21-18-15-12-9-6-3/h9,12,16-21,25-28,31-34,37,41,48,51,60,64-67,69,73-74H,4-8,10-11,13-15,22-24,29-30,35-36,38-40,42-47,49-50,52-59H2,1-3H3,(H,75,76)/b12-9-,19-16-,20-17-,21-18-,27-25-,28-26-,33-31-,34-32-,41-37-,51-48-. The van der Waals surface area contributed by atoms with Gasteiger partial charge in [0.1, 0.15) is 18.8 Å². The third-order valence-electron chi connectivity index (χ3n) is 13.5. The lowest BCUT2D eigenvalue weighted by molar-refractivity contribution is -0.301. The molecule has 0 aromatic heterocycles. The van der Waals surface area contributed by atoms with Crippen molar-refractivity contribution in [1.82, 2.24) is 0 Å². The lowest BCUT2D eigenvalue weighted by Gasteiger charge is -2.40. The van der Waals surface area contributed by atoms with E-state index in [1.807, 2.05) is 18.2 Å². The molecule has 6 atom stereocenters. The van der Waals surface area contributed by atoms with Crippen molar-refractivity contribution in [1.29, 1.82) is 0 Å². The number of carbonyl (C=O) groups is 4. The minimum Gasteiger partial charge on any atom is -0.479 e. The number of aliphatic carboxylic acids is 1. The zero-order valence-corrected chi connectivity index (χ0v) is 50.5. The maximum Gasteiger partial charge on any atom is 0.335 e. The van der Waals surface area contributed by atoms with Crippen LogP contribution in [0.1, 0.15) is 239 Å². The summed E-state index contributed by atoms with van der Waals surface area (Å²) in [5.74, 6) is -3.27. The van der Waals surface area contributed by atoms with Crippen molar-refractivity contribution in [3.05, 3.63) is 122 Å². The van der Waals surface area contributed by atoms with Crippen LogP contribution in [0.3, 0.4) is 0 Å². The predicted molar refractivity (Wildman–Crippen MR) is 330 cm³/mol. The number of hydrogen-bond acceptors (Lipinski definition) is 11. The normalized spacial score (nSPS) is 18.6. The summed E-state index contributed by atoms with van der Waals surface area (Å²) in [5, 5.41) is 31.5. The number of carboxylic acids is 1. The van der Waals surface area contributed by atoms with Gasteiger partial charge in [-0.25, -0.2) is 4.79 Å². The third kappa shape index (κ3) is 45.3. The largest absolute Gasteiger partial charge is 0.479 e. The first-order chi connectivity index (χ1) is 39.6. The molecule has 0 bridgehead atoms. The van der Waals surface area contributed by atoms with Crippen LogP contribution in [0.5, 0.6) is 0 Å². The number of aliphatic hydroxyl groups excluding tert-OH is 2. The molecule has 81 heavy (non-hydrogen) atoms. The van der Waals surface area contributed by atoms with Crippen LogP contribution >= 0.6 is 0 Å². The highest BCUT2D eigenvalue weighted by atomic mass is 16.7. The SMILES string of the molecule is CC/C=C\C/C=C\C/C=C\C/C=C\CCC(=O)OC1C(OCC(COC(=O)CCCCCCCC/C=C\C/C=C\C/C=C\CCCCC)OC(=O)CCCCCCCC/C=C\C/C=C\C/C=C\CCCCC)OC(C(=O)O)C(O)C1O. The van der Waals surface area contributed by atoms with Crippen LogP contribution < -0.4 is 0 Å². The number of aliphatic hydroxyl groups is 2. The van der Waals surface area contributed by atoms with Gasteiger partial charge < -0.3 is 39.0 Å². The quantitative estimate of drug-likeness (QED) is 0.0228. The van der Waals surface area contributed by atoms with Crippen molar-refractivity contribution in [2.75, 3.05) is 13.2 Å². The van der Waals surface area contributed by atoms with E-state index in [-0.39, 0.29) is 25.9 Å². The topological polar surface area (TPSA) is 175 Å². The van der Waals surface area contributed by atoms with Gasteiger partial charge in [0.15, 0.2) is 24.6 Å². The molecule has 1 fully saturated rings. The molecule has 3 N–H and O–H groups in total. The zero-order chi connectivity index (χ0) is 58.9. The molecule has 6 unspecified atom stereocenters. The van der Waals surface area contributed by atoms with Crippen LogP contribution in [0.4, 0.5) is 0 Å². The fourth-order valence-corrected chi connectivity index (χ4v) is 8.69. The molecule has 1 heterocycles. The number of ether oxygens (including phenoxy) is 5. The molecule has 1 rings (SSSR count). The zero-order valence-electron chi connectivity index (χ0n) is 50.5. The lowest BCUT2D eigenvalue weighted by atomic mass is 9.98. The van der Waals surface area contributed by atoms with Crippen LogP contribution in [0.15, 0.2) is 122 Å². The maximum atomic E-state index is 13.2. The Labute approximate surface area is 490 Å². The Kier molecular flexibility index (Phi) is 50.9. The summed E-state index contributed by atoms with van der Waals surface area (Å²) in [7, 11) is 0. The molecule has 0 amide bonds. The summed E-state index contributed by atoms with van der Waals surface area (Å²) in [6.07, 6.45) is 64.6. The minimum atomic E-state index is -1.94. The van der Waals surface area contributed by atoms with Crippen LogP contribution in [-0.4, -0.2) is 89.2 Å². The number of carboxylic acid groups (broad SMARTS) is 1. The molecule has 12 heteroatoms. The highest BCUT2D eigenvalue weighted by Crippen LogP contribution is 2.26. The van der Waals surface area contributed by atoms with Crippen molar-refractivity contribution >= 4 is 23.9 Å². The summed E-state index contributed by atoms with van der Waals surface area (Å²) in [6.45, 7) is 5.77. The summed E-state index contributed by atoms with van der Waals surface area (Å²) < 4.78 is 28.4. The van der Waals surface area contributed by atoms with Crippen LogP contribution in [0.2, 0.25) is 0 Å². The molecule has 0 aliphatic carbocycles. The van der Waals surface area contributed by atoms with E-state index >= 15 is 0 Å². The van der Waals surface area contributed by atoms with E-state index in [1.54, 1.807) is 0 Å². The van der Waals surface area contributed by atoms with E-state index in [1.165, 1.54) is 51.4 Å². The maximum absolute atomic E-state index is 13.2. The van der Waals surface area contributed by atoms with Gasteiger partial charge in [-0.3, -0.25) is 14.4 Å². The Morgan fingerprint density at radius 3 is 1.23 bits per heavy atom. The smallest absolute Gasteiger partial charge is 0.335 e. The van der Waals surface area contributed by atoms with E-state index in [9.17, 15) is 34.5 Å². The molecule has 1 saturated heterocycles. The van der Waals surface area contributed by atoms with Gasteiger partial charge in [-0.1, -0.05) is 219 Å². The fraction of sp³-hybridized carbons (Fsp3) is 0.652. The van der Waals surface area contributed by atoms with Gasteiger partial charge in [-0.2, -0.15) is 0 Å². The van der Waals surface area contributed by atoms with Crippen LogP contribution in [-0.2, 0) is 42.9 Å². The first kappa shape index (κ1) is 74.1. The minimum absolute atomic E-state index is 0.0695. The van der Waals surface area contributed by atoms with Gasteiger partial charge in [0, 0.05) is 19.3 Å². The Hall–Kier alpha value is -4.88. The van der Waals surface area contributed by atoms with E-state index in [0.717, 1.165) is 122 Å². The Morgan fingerprint density at radius 2 is 0.802 bits per heavy atom. The first-order valence-electron chi connectivity index (χ1n) is 31.5. The number of unbranched alkanes of at least 4 members (excludes halogenated alkanes) is 18. The van der Waals surface area contributed by atoms with Gasteiger partial charge >= 0.3 is 23.9 Å². The van der Waals surface area contributed by atoms with Crippen molar-refractivity contribution in [3.8, 4) is 0 Å². The number of esters is 3. The molecule has 1 aliphatic rings. The summed E-state index contributed by atoms with van der Waals surface area (Å²) in [6, 6.07) is 0. The Balaban J connectivity index is 2.72. The van der Waals surface area contributed by atoms with E-state index < -0.39 is 67.3 Å². The van der Waals surface area contributed by atoms with Gasteiger partial charge in [0.2, 0.25) is 0 Å². The number of hydrogen-bond donors (Lipinski definition) is 3. The molecular weight excluding hydrogens is 1020 g/mol. The molecule has 0 radical (unpaired) electrons. The molecule has 0 saturated carbocycles. The van der Waals surface area contributed by atoms with Gasteiger partial charge in [-0.15, -0.1) is 0 Å². The van der Waals surface area contributed by atoms with E-state index in [4.69, 9.17) is 23.7 Å². The highest BCUT2D eigenvalue weighted by molar-refractivity contribution is 5.74. The molecule has 0 aromatic carbocycles. The lowest BCUT2D eigenvalue weighted by Crippen LogP contribution is -2.61. The second-order valence-corrected chi connectivity index (χ2v) is 20.9. The molecular formula is C69H110O12. The average Bonchev–Trinajstić information content (AvgIpc) is 3.54. The fourth-order valence-electron chi connectivity index (χ4n) is 8.69. The van der Waals surface area contributed by atoms with Gasteiger partial charge in [-0.05, 0) is 122 Å². The number of allylic oxidation sites excluding steroid dienone is 20. The predicted octanol–water partition coefficient (Wildman–Crippen LogP) is 16.8. The summed E-state index contributed by atoms with van der Waals surface area (Å²) in [5.41, 5.74) is 0. The third-order valence-corrected chi connectivity index (χ3v) is 13.5. The molecule has 12 nitrogen and oxygen atoms in total. The molecule has 458 valence electrons. The van der Waals surface area contributed by atoms with Gasteiger partial charge in [0.25, 0.3) is 0 Å². The van der Waals surface area contributed by atoms with Gasteiger partial charge in [0.05, 0.1) is 6.61 Å². The Bertz CT molecular complexity index is 1870. The second-order valence-electron chi connectivity index (χ2n) is 20.9. The van der Waals surface area contributed by atoms with E-state index in [2.05, 4.69) is 124 Å². The van der Waals surface area contributed by atoms with Crippen LogP contribution in [0.25, 0.3) is 0 Å². The van der Waals surface area contributed by atoms with Crippen molar-refractivity contribution in [2.45, 2.75) is 276 Å².